The molecule has 0 aliphatic heterocycles. The third-order valence-corrected chi connectivity index (χ3v) is 4.09. The third kappa shape index (κ3) is 4.19. The molecule has 0 atom stereocenters. The van der Waals surface area contributed by atoms with Gasteiger partial charge in [-0.15, -0.1) is 0 Å². The zero-order valence-corrected chi connectivity index (χ0v) is 13.3. The summed E-state index contributed by atoms with van der Waals surface area (Å²) >= 11 is 0. The summed E-state index contributed by atoms with van der Waals surface area (Å²) in [6.07, 6.45) is 10.7. The van der Waals surface area contributed by atoms with Gasteiger partial charge in [-0.1, -0.05) is 52.3 Å². The van der Waals surface area contributed by atoms with Gasteiger partial charge in [-0.3, -0.25) is 4.79 Å². The molecule has 1 aliphatic rings. The van der Waals surface area contributed by atoms with Crippen molar-refractivity contribution >= 4 is 6.29 Å². The minimum Gasteiger partial charge on any atom is -0.299 e. The Labute approximate surface area is 118 Å². The van der Waals surface area contributed by atoms with Crippen molar-refractivity contribution in [1.29, 1.82) is 0 Å². The molecule has 0 fully saturated rings. The molecule has 1 heteroatoms. The number of hydrogen-bond acceptors (Lipinski definition) is 1. The van der Waals surface area contributed by atoms with Gasteiger partial charge in [-0.25, -0.2) is 0 Å². The number of carbonyl (C=O) groups is 1. The van der Waals surface area contributed by atoms with Gasteiger partial charge >= 0.3 is 0 Å². The fourth-order valence-corrected chi connectivity index (χ4v) is 2.81. The van der Waals surface area contributed by atoms with E-state index in [9.17, 15) is 4.79 Å². The molecule has 0 aromatic rings. The molecule has 0 unspecified atom stereocenters. The number of rotatable bonds is 3. The Morgan fingerprint density at radius 3 is 2.37 bits per heavy atom. The van der Waals surface area contributed by atoms with Crippen LogP contribution in [0.25, 0.3) is 0 Å². The van der Waals surface area contributed by atoms with Crippen LogP contribution in [-0.4, -0.2) is 6.29 Å². The van der Waals surface area contributed by atoms with Crippen molar-refractivity contribution in [3.8, 4) is 0 Å². The monoisotopic (exact) mass is 260 g/mol. The lowest BCUT2D eigenvalue weighted by Crippen LogP contribution is -2.19. The quantitative estimate of drug-likeness (QED) is 0.385. The summed E-state index contributed by atoms with van der Waals surface area (Å²) in [6, 6.07) is 0. The van der Waals surface area contributed by atoms with Crippen LogP contribution in [0, 0.1) is 10.8 Å². The van der Waals surface area contributed by atoms with Crippen molar-refractivity contribution in [3.05, 3.63) is 34.9 Å². The summed E-state index contributed by atoms with van der Waals surface area (Å²) < 4.78 is 0. The second kappa shape index (κ2) is 5.90. The van der Waals surface area contributed by atoms with Crippen LogP contribution in [-0.2, 0) is 4.79 Å². The van der Waals surface area contributed by atoms with E-state index in [-0.39, 0.29) is 10.8 Å². The van der Waals surface area contributed by atoms with Crippen molar-refractivity contribution in [3.63, 3.8) is 0 Å². The van der Waals surface area contributed by atoms with E-state index in [0.717, 1.165) is 11.9 Å². The smallest absolute Gasteiger partial charge is 0.143 e. The van der Waals surface area contributed by atoms with Crippen LogP contribution in [0.3, 0.4) is 0 Å². The zero-order valence-electron chi connectivity index (χ0n) is 13.3. The fourth-order valence-electron chi connectivity index (χ4n) is 2.81. The van der Waals surface area contributed by atoms with Gasteiger partial charge in [0.05, 0.1) is 0 Å². The van der Waals surface area contributed by atoms with Gasteiger partial charge in [0.25, 0.3) is 0 Å². The molecular weight excluding hydrogens is 232 g/mol. The van der Waals surface area contributed by atoms with E-state index >= 15 is 0 Å². The number of allylic oxidation sites excluding steroid dienone is 6. The molecule has 106 valence electrons. The van der Waals surface area contributed by atoms with Crippen molar-refractivity contribution in [1.82, 2.24) is 0 Å². The van der Waals surface area contributed by atoms with Crippen molar-refractivity contribution in [2.24, 2.45) is 10.8 Å². The van der Waals surface area contributed by atoms with Crippen LogP contribution in [0.2, 0.25) is 0 Å². The molecule has 1 aliphatic carbocycles. The van der Waals surface area contributed by atoms with Crippen LogP contribution in [0.5, 0.6) is 0 Å². The second-order valence-corrected chi connectivity index (χ2v) is 7.27. The van der Waals surface area contributed by atoms with E-state index in [0.29, 0.717) is 0 Å². The summed E-state index contributed by atoms with van der Waals surface area (Å²) in [5.74, 6) is 0. The highest BCUT2D eigenvalue weighted by Crippen LogP contribution is 2.41. The summed E-state index contributed by atoms with van der Waals surface area (Å²) in [5.41, 5.74) is 4.28. The normalized spacial score (nSPS) is 21.1. The van der Waals surface area contributed by atoms with E-state index < -0.39 is 0 Å². The average molecular weight is 260 g/mol. The molecule has 0 aromatic carbocycles. The van der Waals surface area contributed by atoms with Gasteiger partial charge in [-0.2, -0.15) is 0 Å². The second-order valence-electron chi connectivity index (χ2n) is 7.27. The molecule has 0 N–H and O–H groups in total. The van der Waals surface area contributed by atoms with Gasteiger partial charge in [0.2, 0.25) is 0 Å². The Hall–Kier alpha value is -1.11. The van der Waals surface area contributed by atoms with Crippen LogP contribution >= 0.6 is 0 Å². The van der Waals surface area contributed by atoms with Crippen molar-refractivity contribution in [2.45, 2.75) is 60.8 Å². The van der Waals surface area contributed by atoms with Gasteiger partial charge < -0.3 is 0 Å². The Morgan fingerprint density at radius 1 is 1.26 bits per heavy atom. The molecular formula is C18H28O. The highest BCUT2D eigenvalue weighted by atomic mass is 16.1. The van der Waals surface area contributed by atoms with Crippen LogP contribution in [0.1, 0.15) is 60.8 Å². The van der Waals surface area contributed by atoms with Crippen LogP contribution in [0.4, 0.5) is 0 Å². The fraction of sp³-hybridized carbons (Fsp3) is 0.611. The number of hydrogen-bond donors (Lipinski definition) is 0. The predicted octanol–water partition coefficient (Wildman–Crippen LogP) is 5.24. The topological polar surface area (TPSA) is 17.1 Å². The molecule has 0 bridgehead atoms. The largest absolute Gasteiger partial charge is 0.299 e. The van der Waals surface area contributed by atoms with Gasteiger partial charge in [0.15, 0.2) is 0 Å². The lowest BCUT2D eigenvalue weighted by atomic mass is 9.72. The summed E-state index contributed by atoms with van der Waals surface area (Å²) in [7, 11) is 0. The van der Waals surface area contributed by atoms with Gasteiger partial charge in [0, 0.05) is 0 Å². The molecule has 0 heterocycles. The minimum atomic E-state index is 0.00465. The lowest BCUT2D eigenvalue weighted by molar-refractivity contribution is -0.104. The van der Waals surface area contributed by atoms with Gasteiger partial charge in [-0.05, 0) is 54.2 Å². The average Bonchev–Trinajstić information content (AvgIpc) is 2.24. The Morgan fingerprint density at radius 2 is 1.89 bits per heavy atom. The molecule has 0 aromatic heterocycles. The van der Waals surface area contributed by atoms with E-state index in [1.165, 1.54) is 30.4 Å². The van der Waals surface area contributed by atoms with E-state index in [2.05, 4.69) is 53.7 Å². The summed E-state index contributed by atoms with van der Waals surface area (Å²) in [4.78, 5) is 10.8. The van der Waals surface area contributed by atoms with E-state index in [1.54, 1.807) is 6.08 Å². The summed E-state index contributed by atoms with van der Waals surface area (Å²) in [5, 5.41) is 0. The number of carbonyl (C=O) groups excluding carboxylic acids is 1. The first-order valence-electron chi connectivity index (χ1n) is 7.23. The Bertz CT molecular complexity index is 425. The lowest BCUT2D eigenvalue weighted by Gasteiger charge is -2.33. The standard InChI is InChI=1S/C18H28O/c1-14-8-7-12-18(5,6)16(14)10-9-15(11-13-19)17(2,3)4/h9-11,13H,7-8,12H2,1-6H3/b10-9+,15-11-. The van der Waals surface area contributed by atoms with Crippen LogP contribution in [0.15, 0.2) is 34.9 Å². The predicted molar refractivity (Wildman–Crippen MR) is 83.1 cm³/mol. The molecule has 1 rings (SSSR count). The van der Waals surface area contributed by atoms with Crippen molar-refractivity contribution < 1.29 is 4.79 Å². The molecule has 19 heavy (non-hydrogen) atoms. The number of aldehydes is 1. The van der Waals surface area contributed by atoms with E-state index in [4.69, 9.17) is 0 Å². The molecule has 0 amide bonds. The highest BCUT2D eigenvalue weighted by molar-refractivity contribution is 5.68. The third-order valence-electron chi connectivity index (χ3n) is 4.09. The molecule has 1 nitrogen and oxygen atoms in total. The maximum atomic E-state index is 10.8. The minimum absolute atomic E-state index is 0.00465. The maximum absolute atomic E-state index is 10.8. The summed E-state index contributed by atoms with van der Waals surface area (Å²) in [6.45, 7) is 13.3. The first kappa shape index (κ1) is 15.9. The van der Waals surface area contributed by atoms with Crippen molar-refractivity contribution in [2.75, 3.05) is 0 Å². The zero-order chi connectivity index (χ0) is 14.7. The van der Waals surface area contributed by atoms with Crippen LogP contribution < -0.4 is 0 Å². The SMILES string of the molecule is CC1=C(/C=C/C(=C/C=O)C(C)(C)C)C(C)(C)CCC1. The maximum Gasteiger partial charge on any atom is 0.143 e. The molecule has 0 saturated carbocycles. The molecule has 0 saturated heterocycles. The Balaban J connectivity index is 3.09. The first-order chi connectivity index (χ1) is 8.68. The van der Waals surface area contributed by atoms with Gasteiger partial charge in [0.1, 0.15) is 6.29 Å². The molecule has 0 radical (unpaired) electrons. The Kier molecular flexibility index (Phi) is 4.95. The molecule has 0 spiro atoms. The van der Waals surface area contributed by atoms with E-state index in [1.807, 2.05) is 0 Å². The first-order valence-corrected chi connectivity index (χ1v) is 7.23. The highest BCUT2D eigenvalue weighted by Gasteiger charge is 2.26.